The molecular formula is C22H23N5O3. The van der Waals surface area contributed by atoms with Crippen LogP contribution in [0.15, 0.2) is 71.7 Å². The second kappa shape index (κ2) is 8.69. The number of pyridine rings is 1. The smallest absolute Gasteiger partial charge is 0.309 e. The summed E-state index contributed by atoms with van der Waals surface area (Å²) in [6, 6.07) is 20.8. The normalized spacial score (nSPS) is 15.4. The monoisotopic (exact) mass is 405 g/mol. The molecule has 2 heterocycles. The lowest BCUT2D eigenvalue weighted by molar-refractivity contribution is -0.384. The van der Waals surface area contributed by atoms with E-state index in [4.69, 9.17) is 9.73 Å². The van der Waals surface area contributed by atoms with Gasteiger partial charge in [0.1, 0.15) is 11.2 Å². The van der Waals surface area contributed by atoms with E-state index in [1.807, 2.05) is 59.2 Å². The molecule has 0 radical (unpaired) electrons. The topological polar surface area (TPSA) is 93.7 Å². The molecule has 0 saturated carbocycles. The van der Waals surface area contributed by atoms with Crippen molar-refractivity contribution in [3.8, 4) is 5.75 Å². The molecule has 0 saturated heterocycles. The fourth-order valence-electron chi connectivity index (χ4n) is 3.57. The van der Waals surface area contributed by atoms with Crippen molar-refractivity contribution in [2.75, 3.05) is 30.8 Å². The molecule has 8 heteroatoms. The number of hydrogen-bond donors (Lipinski definition) is 2. The van der Waals surface area contributed by atoms with Gasteiger partial charge in [0.05, 0.1) is 24.6 Å². The Morgan fingerprint density at radius 3 is 2.80 bits per heavy atom. The van der Waals surface area contributed by atoms with Crippen molar-refractivity contribution >= 4 is 17.2 Å². The van der Waals surface area contributed by atoms with Crippen molar-refractivity contribution in [3.05, 3.63) is 87.9 Å². The summed E-state index contributed by atoms with van der Waals surface area (Å²) in [5.74, 6) is 1.26. The van der Waals surface area contributed by atoms with Gasteiger partial charge >= 0.3 is 5.69 Å². The summed E-state index contributed by atoms with van der Waals surface area (Å²) in [6.07, 6.45) is 0. The van der Waals surface area contributed by atoms with E-state index in [0.29, 0.717) is 30.9 Å². The van der Waals surface area contributed by atoms with E-state index in [2.05, 4.69) is 10.6 Å². The fourth-order valence-corrected chi connectivity index (χ4v) is 3.57. The Morgan fingerprint density at radius 1 is 1.20 bits per heavy atom. The summed E-state index contributed by atoms with van der Waals surface area (Å²) in [4.78, 5) is 15.9. The molecule has 0 amide bonds. The van der Waals surface area contributed by atoms with Crippen LogP contribution < -0.4 is 20.9 Å². The number of nitro groups is 1. The molecule has 3 aromatic rings. The minimum absolute atomic E-state index is 0.0272. The first-order valence-electron chi connectivity index (χ1n) is 9.72. The quantitative estimate of drug-likeness (QED) is 0.463. The number of hydrogen-bond acceptors (Lipinski definition) is 6. The van der Waals surface area contributed by atoms with Crippen molar-refractivity contribution < 1.29 is 9.66 Å². The zero-order valence-electron chi connectivity index (χ0n) is 16.6. The first-order valence-corrected chi connectivity index (χ1v) is 9.72. The van der Waals surface area contributed by atoms with Gasteiger partial charge in [-0.15, -0.1) is 0 Å². The van der Waals surface area contributed by atoms with E-state index >= 15 is 0 Å². The van der Waals surface area contributed by atoms with Gasteiger partial charge in [0, 0.05) is 30.9 Å². The van der Waals surface area contributed by atoms with Crippen molar-refractivity contribution in [1.29, 1.82) is 0 Å². The lowest BCUT2D eigenvalue weighted by Crippen LogP contribution is -2.28. The van der Waals surface area contributed by atoms with Crippen LogP contribution in [0.3, 0.4) is 0 Å². The molecule has 0 fully saturated rings. The Kier molecular flexibility index (Phi) is 5.65. The van der Waals surface area contributed by atoms with E-state index in [9.17, 15) is 10.1 Å². The van der Waals surface area contributed by atoms with E-state index in [0.717, 1.165) is 17.0 Å². The summed E-state index contributed by atoms with van der Waals surface area (Å²) in [5.41, 5.74) is 2.78. The molecule has 8 nitrogen and oxygen atoms in total. The molecule has 1 atom stereocenters. The number of benzene rings is 2. The van der Waals surface area contributed by atoms with Crippen molar-refractivity contribution in [2.24, 2.45) is 4.99 Å². The highest BCUT2D eigenvalue weighted by Gasteiger charge is 2.28. The molecule has 0 spiro atoms. The SMILES string of the molecule is COc1cccc(NCC2CNc3c([N+](=O)[O-])ccc(=NCc4ccccc4)n32)c1. The Bertz CT molecular complexity index is 1110. The average molecular weight is 405 g/mol. The molecule has 2 N–H and O–H groups in total. The van der Waals surface area contributed by atoms with Gasteiger partial charge in [0.2, 0.25) is 0 Å². The minimum Gasteiger partial charge on any atom is -0.497 e. The van der Waals surface area contributed by atoms with Crippen LogP contribution in [0.25, 0.3) is 0 Å². The maximum absolute atomic E-state index is 11.5. The highest BCUT2D eigenvalue weighted by Crippen LogP contribution is 2.30. The maximum atomic E-state index is 11.5. The van der Waals surface area contributed by atoms with Crippen LogP contribution in [-0.4, -0.2) is 29.7 Å². The number of anilines is 2. The molecule has 1 unspecified atom stereocenters. The summed E-state index contributed by atoms with van der Waals surface area (Å²) in [5, 5.41) is 18.1. The van der Waals surface area contributed by atoms with Crippen LogP contribution in [0, 0.1) is 10.1 Å². The highest BCUT2D eigenvalue weighted by atomic mass is 16.6. The molecule has 0 bridgehead atoms. The van der Waals surface area contributed by atoms with E-state index < -0.39 is 0 Å². The number of aromatic nitrogens is 1. The molecule has 2 aromatic carbocycles. The Hall–Kier alpha value is -3.81. The van der Waals surface area contributed by atoms with Gasteiger partial charge in [-0.3, -0.25) is 15.1 Å². The van der Waals surface area contributed by atoms with Gasteiger partial charge in [0.25, 0.3) is 0 Å². The number of methoxy groups -OCH3 is 1. The predicted molar refractivity (Wildman–Crippen MR) is 116 cm³/mol. The largest absolute Gasteiger partial charge is 0.497 e. The molecule has 1 aliphatic rings. The van der Waals surface area contributed by atoms with Crippen LogP contribution in [0.5, 0.6) is 5.75 Å². The van der Waals surface area contributed by atoms with Gasteiger partial charge in [-0.05, 0) is 23.8 Å². The first-order chi connectivity index (χ1) is 14.7. The lowest BCUT2D eigenvalue weighted by Gasteiger charge is -2.16. The third kappa shape index (κ3) is 4.12. The molecule has 0 aliphatic carbocycles. The number of nitrogens with one attached hydrogen (secondary N) is 2. The Labute approximate surface area is 174 Å². The molecule has 1 aromatic heterocycles. The summed E-state index contributed by atoms with van der Waals surface area (Å²) in [6.45, 7) is 1.68. The van der Waals surface area contributed by atoms with Crippen LogP contribution in [-0.2, 0) is 6.54 Å². The number of fused-ring (bicyclic) bond motifs is 1. The van der Waals surface area contributed by atoms with Crippen LogP contribution >= 0.6 is 0 Å². The second-order valence-corrected chi connectivity index (χ2v) is 7.00. The summed E-state index contributed by atoms with van der Waals surface area (Å²) in [7, 11) is 1.63. The van der Waals surface area contributed by atoms with Gasteiger partial charge in [0.15, 0.2) is 5.82 Å². The molecule has 4 rings (SSSR count). The molecule has 1 aliphatic heterocycles. The Balaban J connectivity index is 1.64. The highest BCUT2D eigenvalue weighted by molar-refractivity contribution is 5.59. The Morgan fingerprint density at radius 2 is 2.03 bits per heavy atom. The molecule has 30 heavy (non-hydrogen) atoms. The predicted octanol–water partition coefficient (Wildman–Crippen LogP) is 3.58. The van der Waals surface area contributed by atoms with Gasteiger partial charge in [-0.2, -0.15) is 0 Å². The summed E-state index contributed by atoms with van der Waals surface area (Å²) < 4.78 is 7.20. The lowest BCUT2D eigenvalue weighted by atomic mass is 10.2. The third-order valence-corrected chi connectivity index (χ3v) is 5.07. The number of nitrogens with zero attached hydrogens (tertiary/aromatic N) is 3. The van der Waals surface area contributed by atoms with Gasteiger partial charge < -0.3 is 19.9 Å². The van der Waals surface area contributed by atoms with Crippen molar-refractivity contribution in [3.63, 3.8) is 0 Å². The third-order valence-electron chi connectivity index (χ3n) is 5.07. The zero-order valence-corrected chi connectivity index (χ0v) is 16.6. The standard InChI is InChI=1S/C22H23N5O3/c1-30-19-9-5-8-17(12-19)23-14-18-15-25-22-20(27(28)29)10-11-21(26(18)22)24-13-16-6-3-2-4-7-16/h2-12,18,23,25H,13-15H2,1H3. The van der Waals surface area contributed by atoms with Gasteiger partial charge in [-0.25, -0.2) is 0 Å². The van der Waals surface area contributed by atoms with Crippen LogP contribution in [0.2, 0.25) is 0 Å². The van der Waals surface area contributed by atoms with E-state index in [-0.39, 0.29) is 16.7 Å². The first kappa shape index (κ1) is 19.5. The second-order valence-electron chi connectivity index (χ2n) is 7.00. The van der Waals surface area contributed by atoms with Crippen molar-refractivity contribution in [2.45, 2.75) is 12.6 Å². The average Bonchev–Trinajstić information content (AvgIpc) is 3.21. The minimum atomic E-state index is -0.363. The fraction of sp³-hybridized carbons (Fsp3) is 0.227. The molecular weight excluding hydrogens is 382 g/mol. The van der Waals surface area contributed by atoms with E-state index in [1.54, 1.807) is 13.2 Å². The van der Waals surface area contributed by atoms with Crippen LogP contribution in [0.4, 0.5) is 17.2 Å². The van der Waals surface area contributed by atoms with Gasteiger partial charge in [-0.1, -0.05) is 36.4 Å². The zero-order chi connectivity index (χ0) is 20.9. The number of rotatable bonds is 7. The molecule has 154 valence electrons. The van der Waals surface area contributed by atoms with Crippen LogP contribution in [0.1, 0.15) is 11.6 Å². The number of ether oxygens (including phenoxy) is 1. The van der Waals surface area contributed by atoms with E-state index in [1.165, 1.54) is 6.07 Å². The van der Waals surface area contributed by atoms with Crippen molar-refractivity contribution in [1.82, 2.24) is 4.57 Å². The summed E-state index contributed by atoms with van der Waals surface area (Å²) >= 11 is 0. The maximum Gasteiger partial charge on any atom is 0.309 e.